The molecule has 7 heteroatoms. The highest BCUT2D eigenvalue weighted by Gasteiger charge is 2.21. The molecule has 12 rings (SSSR count). The van der Waals surface area contributed by atoms with Gasteiger partial charge in [-0.25, -0.2) is 24.9 Å². The topological polar surface area (TPSA) is 74.3 Å². The van der Waals surface area contributed by atoms with Gasteiger partial charge in [0.15, 0.2) is 17.5 Å². The van der Waals surface area contributed by atoms with Gasteiger partial charge in [0.25, 0.3) is 0 Å². The molecule has 9 aromatic carbocycles. The van der Waals surface area contributed by atoms with Crippen molar-refractivity contribution in [3.05, 3.63) is 212 Å². The molecule has 290 valence electrons. The molecule has 12 aromatic rings. The first kappa shape index (κ1) is 35.4. The lowest BCUT2D eigenvalue weighted by Crippen LogP contribution is -2.00. The number of imidazole rings is 2. The SMILES string of the molecule is c1ccc(-c2nc(-c3ccc4c(c3)nc(-c3cccc5ccccc35)n4-c3ccccc3)nc(-c3ccc4c(c3)nc(-c3cccc5ccccc35)n4-c3ccccc3)n2)cc1. The number of hydrogen-bond donors (Lipinski definition) is 0. The molecular formula is C55H35N7. The van der Waals surface area contributed by atoms with E-state index in [1.165, 1.54) is 10.8 Å². The van der Waals surface area contributed by atoms with Crippen LogP contribution in [0.15, 0.2) is 212 Å². The highest BCUT2D eigenvalue weighted by molar-refractivity contribution is 5.99. The zero-order valence-electron chi connectivity index (χ0n) is 33.3. The summed E-state index contributed by atoms with van der Waals surface area (Å²) in [5, 5.41) is 4.62. The summed E-state index contributed by atoms with van der Waals surface area (Å²) < 4.78 is 4.48. The van der Waals surface area contributed by atoms with Crippen LogP contribution in [0.25, 0.3) is 112 Å². The van der Waals surface area contributed by atoms with E-state index < -0.39 is 0 Å². The van der Waals surface area contributed by atoms with Crippen LogP contribution in [-0.4, -0.2) is 34.1 Å². The van der Waals surface area contributed by atoms with Crippen molar-refractivity contribution < 1.29 is 0 Å². The van der Waals surface area contributed by atoms with Crippen molar-refractivity contribution in [2.24, 2.45) is 0 Å². The first-order chi connectivity index (χ1) is 30.7. The van der Waals surface area contributed by atoms with E-state index in [9.17, 15) is 0 Å². The van der Waals surface area contributed by atoms with Crippen molar-refractivity contribution in [3.63, 3.8) is 0 Å². The smallest absolute Gasteiger partial charge is 0.164 e. The first-order valence-electron chi connectivity index (χ1n) is 20.7. The van der Waals surface area contributed by atoms with Gasteiger partial charge in [-0.15, -0.1) is 0 Å². The van der Waals surface area contributed by atoms with Crippen LogP contribution in [0, 0.1) is 0 Å². The van der Waals surface area contributed by atoms with Crippen LogP contribution in [0.2, 0.25) is 0 Å². The lowest BCUT2D eigenvalue weighted by Gasteiger charge is -2.12. The monoisotopic (exact) mass is 793 g/mol. The quantitative estimate of drug-likeness (QED) is 0.161. The van der Waals surface area contributed by atoms with Gasteiger partial charge in [-0.3, -0.25) is 9.13 Å². The van der Waals surface area contributed by atoms with Crippen LogP contribution >= 0.6 is 0 Å². The van der Waals surface area contributed by atoms with Crippen molar-refractivity contribution in [2.75, 3.05) is 0 Å². The third kappa shape index (κ3) is 6.02. The molecule has 0 amide bonds. The van der Waals surface area contributed by atoms with E-state index in [-0.39, 0.29) is 0 Å². The molecule has 0 atom stereocenters. The minimum Gasteiger partial charge on any atom is -0.292 e. The highest BCUT2D eigenvalue weighted by atomic mass is 15.1. The van der Waals surface area contributed by atoms with Gasteiger partial charge in [-0.05, 0) is 82.2 Å². The van der Waals surface area contributed by atoms with Crippen LogP contribution in [0.3, 0.4) is 0 Å². The molecule has 3 heterocycles. The van der Waals surface area contributed by atoms with Gasteiger partial charge in [0.05, 0.1) is 22.1 Å². The van der Waals surface area contributed by atoms with E-state index in [0.29, 0.717) is 17.5 Å². The standard InChI is InChI=1S/C55H35N7/c1-4-18-38(19-5-1)51-58-52(39-30-32-49-47(34-39)56-54(61(49)41-22-6-2-7-23-41)45-28-14-20-36-16-10-12-26-43(36)45)60-53(59-51)40-31-33-50-48(35-40)57-55(62(50)42-24-8-3-9-25-42)46-29-15-21-37-17-11-13-27-44(37)46/h1-35H. The average Bonchev–Trinajstić information content (AvgIpc) is 3.93. The molecule has 0 aliphatic rings. The van der Waals surface area contributed by atoms with Crippen molar-refractivity contribution >= 4 is 43.6 Å². The molecule has 62 heavy (non-hydrogen) atoms. The fraction of sp³-hybridized carbons (Fsp3) is 0. The van der Waals surface area contributed by atoms with Gasteiger partial charge in [0.1, 0.15) is 11.6 Å². The zero-order valence-corrected chi connectivity index (χ0v) is 33.3. The van der Waals surface area contributed by atoms with Gasteiger partial charge < -0.3 is 0 Å². The van der Waals surface area contributed by atoms with Crippen molar-refractivity contribution in [2.45, 2.75) is 0 Å². The number of rotatable bonds is 7. The molecule has 0 saturated heterocycles. The number of benzene rings is 9. The lowest BCUT2D eigenvalue weighted by molar-refractivity contribution is 1.07. The van der Waals surface area contributed by atoms with Crippen LogP contribution in [-0.2, 0) is 0 Å². The molecule has 0 fully saturated rings. The van der Waals surface area contributed by atoms with Crippen LogP contribution in [0.5, 0.6) is 0 Å². The third-order valence-electron chi connectivity index (χ3n) is 11.6. The molecule has 0 aliphatic carbocycles. The van der Waals surface area contributed by atoms with Gasteiger partial charge in [-0.2, -0.15) is 0 Å². The van der Waals surface area contributed by atoms with E-state index in [1.54, 1.807) is 0 Å². The Balaban J connectivity index is 1.04. The number of aromatic nitrogens is 7. The second-order valence-corrected chi connectivity index (χ2v) is 15.3. The fourth-order valence-corrected chi connectivity index (χ4v) is 8.67. The summed E-state index contributed by atoms with van der Waals surface area (Å²) in [4.78, 5) is 26.1. The van der Waals surface area contributed by atoms with Crippen LogP contribution in [0.1, 0.15) is 0 Å². The average molecular weight is 794 g/mol. The molecule has 0 saturated carbocycles. The third-order valence-corrected chi connectivity index (χ3v) is 11.6. The Morgan fingerprint density at radius 1 is 0.290 bits per heavy atom. The molecule has 7 nitrogen and oxygen atoms in total. The van der Waals surface area contributed by atoms with E-state index in [2.05, 4.69) is 179 Å². The van der Waals surface area contributed by atoms with Gasteiger partial charge in [-0.1, -0.05) is 152 Å². The maximum Gasteiger partial charge on any atom is 0.164 e. The summed E-state index contributed by atoms with van der Waals surface area (Å²) in [6.07, 6.45) is 0. The second kappa shape index (κ2) is 14.6. The van der Waals surface area contributed by atoms with Crippen molar-refractivity contribution in [1.82, 2.24) is 34.1 Å². The van der Waals surface area contributed by atoms with Crippen molar-refractivity contribution in [1.29, 1.82) is 0 Å². The maximum absolute atomic E-state index is 5.35. The van der Waals surface area contributed by atoms with Gasteiger partial charge in [0, 0.05) is 39.2 Å². The van der Waals surface area contributed by atoms with E-state index in [1.807, 2.05) is 42.5 Å². The molecular weight excluding hydrogens is 759 g/mol. The van der Waals surface area contributed by atoms with Crippen molar-refractivity contribution in [3.8, 4) is 68.3 Å². The number of para-hydroxylation sites is 2. The predicted molar refractivity (Wildman–Crippen MR) is 251 cm³/mol. The Bertz CT molecular complexity index is 3400. The summed E-state index contributed by atoms with van der Waals surface area (Å²) in [7, 11) is 0. The Morgan fingerprint density at radius 3 is 1.15 bits per heavy atom. The summed E-state index contributed by atoms with van der Waals surface area (Å²) in [6, 6.07) is 73.3. The Morgan fingerprint density at radius 2 is 0.677 bits per heavy atom. The van der Waals surface area contributed by atoms with Gasteiger partial charge >= 0.3 is 0 Å². The Hall–Kier alpha value is -8.55. The van der Waals surface area contributed by atoms with E-state index in [0.717, 1.165) is 83.7 Å². The first-order valence-corrected chi connectivity index (χ1v) is 20.7. The Kier molecular flexibility index (Phi) is 8.35. The van der Waals surface area contributed by atoms with Crippen LogP contribution in [0.4, 0.5) is 0 Å². The largest absolute Gasteiger partial charge is 0.292 e. The minimum absolute atomic E-state index is 0.558. The molecule has 0 N–H and O–H groups in total. The van der Waals surface area contributed by atoms with Gasteiger partial charge in [0.2, 0.25) is 0 Å². The molecule has 0 unspecified atom stereocenters. The number of fused-ring (bicyclic) bond motifs is 4. The van der Waals surface area contributed by atoms with Crippen LogP contribution < -0.4 is 0 Å². The second-order valence-electron chi connectivity index (χ2n) is 15.3. The number of nitrogens with zero attached hydrogens (tertiary/aromatic N) is 7. The summed E-state index contributed by atoms with van der Waals surface area (Å²) in [5.74, 6) is 3.44. The molecule has 0 aliphatic heterocycles. The molecule has 0 radical (unpaired) electrons. The zero-order chi connectivity index (χ0) is 41.0. The molecule has 0 spiro atoms. The van der Waals surface area contributed by atoms with E-state index in [4.69, 9.17) is 24.9 Å². The normalized spacial score (nSPS) is 11.5. The summed E-state index contributed by atoms with van der Waals surface area (Å²) in [6.45, 7) is 0. The maximum atomic E-state index is 5.35. The number of hydrogen-bond acceptors (Lipinski definition) is 5. The Labute approximate surface area is 356 Å². The summed E-state index contributed by atoms with van der Waals surface area (Å²) >= 11 is 0. The fourth-order valence-electron chi connectivity index (χ4n) is 8.67. The highest BCUT2D eigenvalue weighted by Crippen LogP contribution is 2.37. The van der Waals surface area contributed by atoms with E-state index >= 15 is 0 Å². The minimum atomic E-state index is 0.558. The molecule has 3 aromatic heterocycles. The summed E-state index contributed by atoms with van der Waals surface area (Å²) in [5.41, 5.74) is 10.4. The molecule has 0 bridgehead atoms. The predicted octanol–water partition coefficient (Wildman–Crippen LogP) is 13.2. The lowest BCUT2D eigenvalue weighted by atomic mass is 10.0.